The number of guanidine groups is 1. The monoisotopic (exact) mass is 545 g/mol. The summed E-state index contributed by atoms with van der Waals surface area (Å²) in [7, 11) is 4.61. The van der Waals surface area contributed by atoms with Crippen LogP contribution in [0.15, 0.2) is 22.5 Å². The van der Waals surface area contributed by atoms with Gasteiger partial charge in [-0.1, -0.05) is 12.5 Å². The maximum Gasteiger partial charge on any atom is 0.191 e. The molecule has 4 atom stereocenters. The third-order valence-electron chi connectivity index (χ3n) is 7.35. The van der Waals surface area contributed by atoms with Gasteiger partial charge in [0.05, 0.1) is 0 Å². The fourth-order valence-corrected chi connectivity index (χ4v) is 6.80. The summed E-state index contributed by atoms with van der Waals surface area (Å²) in [5.41, 5.74) is 0. The molecule has 4 rings (SSSR count). The number of fused-ring (bicyclic) bond motifs is 2. The largest absolute Gasteiger partial charge is 0.357 e. The van der Waals surface area contributed by atoms with Gasteiger partial charge in [-0.05, 0) is 83.5 Å². The Bertz CT molecular complexity index is 653. The second-order valence-corrected chi connectivity index (χ2v) is 10.3. The van der Waals surface area contributed by atoms with E-state index in [4.69, 9.17) is 4.99 Å². The van der Waals surface area contributed by atoms with E-state index in [0.29, 0.717) is 18.0 Å². The highest BCUT2D eigenvalue weighted by Gasteiger charge is 2.36. The van der Waals surface area contributed by atoms with Crippen molar-refractivity contribution in [3.63, 3.8) is 0 Å². The molecule has 170 valence electrons. The van der Waals surface area contributed by atoms with Crippen LogP contribution in [0.25, 0.3) is 0 Å². The van der Waals surface area contributed by atoms with E-state index in [1.54, 1.807) is 0 Å². The molecule has 2 bridgehead atoms. The van der Waals surface area contributed by atoms with Crippen molar-refractivity contribution in [3.05, 3.63) is 22.4 Å². The molecule has 0 aliphatic carbocycles. The zero-order valence-electron chi connectivity index (χ0n) is 18.8. The van der Waals surface area contributed by atoms with Gasteiger partial charge in [0.15, 0.2) is 5.96 Å². The molecule has 0 saturated carbocycles. The molecule has 0 amide bonds. The van der Waals surface area contributed by atoms with Crippen molar-refractivity contribution < 1.29 is 0 Å². The molecule has 5 nitrogen and oxygen atoms in total. The fraction of sp³-hybridized carbons (Fsp3) is 0.783. The second-order valence-electron chi connectivity index (χ2n) is 9.28. The maximum absolute atomic E-state index is 5.10. The van der Waals surface area contributed by atoms with Gasteiger partial charge in [0.1, 0.15) is 0 Å². The maximum atomic E-state index is 5.10. The van der Waals surface area contributed by atoms with E-state index in [1.165, 1.54) is 56.4 Å². The lowest BCUT2D eigenvalue weighted by atomic mass is 9.82. The van der Waals surface area contributed by atoms with Crippen LogP contribution >= 0.6 is 35.3 Å². The van der Waals surface area contributed by atoms with Crippen LogP contribution in [0.4, 0.5) is 0 Å². The van der Waals surface area contributed by atoms with Gasteiger partial charge in [-0.15, -0.1) is 35.3 Å². The predicted molar refractivity (Wildman–Crippen MR) is 139 cm³/mol. The summed E-state index contributed by atoms with van der Waals surface area (Å²) in [5.74, 6) is 1.62. The average molecular weight is 546 g/mol. The summed E-state index contributed by atoms with van der Waals surface area (Å²) in [6.45, 7) is 5.19. The summed E-state index contributed by atoms with van der Waals surface area (Å²) in [4.78, 5) is 11.8. The summed E-state index contributed by atoms with van der Waals surface area (Å²) in [6.07, 6.45) is 9.17. The quantitative estimate of drug-likeness (QED) is 0.329. The molecule has 1 aromatic rings. The Balaban J connectivity index is 0.00000256. The molecule has 30 heavy (non-hydrogen) atoms. The zero-order valence-corrected chi connectivity index (χ0v) is 22.0. The molecule has 2 N–H and O–H groups in total. The second kappa shape index (κ2) is 11.5. The fourth-order valence-electron chi connectivity index (χ4n) is 5.82. The van der Waals surface area contributed by atoms with Gasteiger partial charge in [0.2, 0.25) is 0 Å². The lowest BCUT2D eigenvalue weighted by molar-refractivity contribution is 0.0526. The molecule has 3 saturated heterocycles. The van der Waals surface area contributed by atoms with Gasteiger partial charge in [0, 0.05) is 42.1 Å². The van der Waals surface area contributed by atoms with Crippen molar-refractivity contribution >= 4 is 41.3 Å². The van der Waals surface area contributed by atoms with E-state index in [2.05, 4.69) is 59.0 Å². The van der Waals surface area contributed by atoms with Crippen LogP contribution < -0.4 is 10.6 Å². The molecular weight excluding hydrogens is 505 g/mol. The normalized spacial score (nSPS) is 33.0. The number of thiophene rings is 1. The number of halogens is 1. The number of likely N-dealkylation sites (tertiary alicyclic amines) is 1. The molecule has 0 aromatic carbocycles. The van der Waals surface area contributed by atoms with Gasteiger partial charge < -0.3 is 15.5 Å². The molecule has 4 heterocycles. The van der Waals surface area contributed by atoms with E-state index in [-0.39, 0.29) is 24.0 Å². The minimum Gasteiger partial charge on any atom is -0.357 e. The van der Waals surface area contributed by atoms with Crippen molar-refractivity contribution in [2.75, 3.05) is 33.7 Å². The Hall–Kier alpha value is -0.380. The van der Waals surface area contributed by atoms with E-state index in [0.717, 1.165) is 31.1 Å². The van der Waals surface area contributed by atoms with Gasteiger partial charge in [-0.25, -0.2) is 0 Å². The smallest absolute Gasteiger partial charge is 0.191 e. The SMILES string of the molecule is CCNC(=NCC1CCCN(C)C1c1cccs1)NC1CC2CCCC(C1)N2C.I. The number of aliphatic imine (C=N–C) groups is 1. The highest BCUT2D eigenvalue weighted by Crippen LogP contribution is 2.37. The number of hydrogen-bond donors (Lipinski definition) is 2. The third-order valence-corrected chi connectivity index (χ3v) is 8.29. The van der Waals surface area contributed by atoms with Crippen LogP contribution in [0.1, 0.15) is 62.8 Å². The van der Waals surface area contributed by atoms with E-state index >= 15 is 0 Å². The average Bonchev–Trinajstić information content (AvgIpc) is 3.21. The first-order valence-corrected chi connectivity index (χ1v) is 12.5. The molecule has 7 heteroatoms. The highest BCUT2D eigenvalue weighted by atomic mass is 127. The molecule has 0 radical (unpaired) electrons. The van der Waals surface area contributed by atoms with Crippen LogP contribution in [-0.4, -0.2) is 67.6 Å². The van der Waals surface area contributed by atoms with Gasteiger partial charge in [-0.3, -0.25) is 9.89 Å². The third kappa shape index (κ3) is 5.70. The standard InChI is InChI=1S/C23H39N5S.HI/c1-4-24-23(26-18-14-19-9-5-10-20(15-18)28(19)3)25-16-17-8-6-12-27(2)22(17)21-11-7-13-29-21;/h7,11,13,17-20,22H,4-6,8-10,12,14-16H2,1-3H3,(H2,24,25,26);1H. The van der Waals surface area contributed by atoms with Crippen molar-refractivity contribution in [1.82, 2.24) is 20.4 Å². The number of piperidine rings is 3. The van der Waals surface area contributed by atoms with E-state index in [1.807, 2.05) is 11.3 Å². The van der Waals surface area contributed by atoms with Crippen molar-refractivity contribution in [2.24, 2.45) is 10.9 Å². The molecule has 1 aromatic heterocycles. The summed E-state index contributed by atoms with van der Waals surface area (Å²) in [6, 6.07) is 7.05. The van der Waals surface area contributed by atoms with Gasteiger partial charge in [-0.2, -0.15) is 0 Å². The van der Waals surface area contributed by atoms with Crippen LogP contribution in [0.3, 0.4) is 0 Å². The van der Waals surface area contributed by atoms with Crippen LogP contribution in [0, 0.1) is 5.92 Å². The molecule has 3 aliphatic rings. The number of nitrogens with one attached hydrogen (secondary N) is 2. The van der Waals surface area contributed by atoms with Crippen molar-refractivity contribution in [2.45, 2.75) is 76.0 Å². The first-order chi connectivity index (χ1) is 14.2. The van der Waals surface area contributed by atoms with E-state index < -0.39 is 0 Å². The predicted octanol–water partition coefficient (Wildman–Crippen LogP) is 4.32. The summed E-state index contributed by atoms with van der Waals surface area (Å²) < 4.78 is 0. The zero-order chi connectivity index (χ0) is 20.2. The molecule has 3 aliphatic heterocycles. The van der Waals surface area contributed by atoms with E-state index in [9.17, 15) is 0 Å². The van der Waals surface area contributed by atoms with Crippen LogP contribution in [0.5, 0.6) is 0 Å². The Morgan fingerprint density at radius 1 is 1.17 bits per heavy atom. The number of nitrogens with zero attached hydrogens (tertiary/aromatic N) is 3. The summed E-state index contributed by atoms with van der Waals surface area (Å²) in [5, 5.41) is 9.54. The molecule has 0 spiro atoms. The van der Waals surface area contributed by atoms with Crippen molar-refractivity contribution in [1.29, 1.82) is 0 Å². The Morgan fingerprint density at radius 3 is 2.60 bits per heavy atom. The number of rotatable bonds is 5. The lowest BCUT2D eigenvalue weighted by Gasteiger charge is -2.47. The van der Waals surface area contributed by atoms with Gasteiger partial charge in [0.25, 0.3) is 0 Å². The van der Waals surface area contributed by atoms with Crippen LogP contribution in [0.2, 0.25) is 0 Å². The molecular formula is C23H40IN5S. The minimum atomic E-state index is 0. The highest BCUT2D eigenvalue weighted by molar-refractivity contribution is 14.0. The molecule has 4 unspecified atom stereocenters. The Morgan fingerprint density at radius 2 is 1.93 bits per heavy atom. The lowest BCUT2D eigenvalue weighted by Crippen LogP contribution is -2.56. The molecule has 3 fully saturated rings. The van der Waals surface area contributed by atoms with Crippen molar-refractivity contribution in [3.8, 4) is 0 Å². The Labute approximate surface area is 204 Å². The van der Waals surface area contributed by atoms with Crippen LogP contribution in [-0.2, 0) is 0 Å². The minimum absolute atomic E-state index is 0. The Kier molecular flexibility index (Phi) is 9.28. The topological polar surface area (TPSA) is 42.9 Å². The summed E-state index contributed by atoms with van der Waals surface area (Å²) >= 11 is 1.89. The first-order valence-electron chi connectivity index (χ1n) is 11.7. The first kappa shape index (κ1) is 24.3. The van der Waals surface area contributed by atoms with Gasteiger partial charge >= 0.3 is 0 Å². The number of hydrogen-bond acceptors (Lipinski definition) is 4.